The molecular weight excluding hydrogens is 246 g/mol. The molecule has 0 saturated heterocycles. The van der Waals surface area contributed by atoms with Gasteiger partial charge in [0.25, 0.3) is 0 Å². The molecule has 1 N–H and O–H groups in total. The number of furan rings is 1. The second kappa shape index (κ2) is 5.45. The maximum Gasteiger partial charge on any atom is 0.105 e. The molecule has 1 aliphatic carbocycles. The van der Waals surface area contributed by atoms with E-state index in [-0.39, 0.29) is 0 Å². The zero-order valence-electron chi connectivity index (χ0n) is 12.6. The fourth-order valence-corrected chi connectivity index (χ4v) is 2.94. The molecule has 1 aliphatic rings. The molecule has 0 aliphatic heterocycles. The first-order valence-corrected chi connectivity index (χ1v) is 7.53. The van der Waals surface area contributed by atoms with Gasteiger partial charge in [0.2, 0.25) is 0 Å². The smallest absolute Gasteiger partial charge is 0.105 e. The van der Waals surface area contributed by atoms with Crippen LogP contribution in [0.2, 0.25) is 0 Å². The molecule has 1 fully saturated rings. The Bertz CT molecular complexity index is 595. The Balaban J connectivity index is 1.69. The summed E-state index contributed by atoms with van der Waals surface area (Å²) in [4.78, 5) is 0. The number of aryl methyl sites for hydroxylation is 2. The van der Waals surface area contributed by atoms with E-state index in [2.05, 4.69) is 42.6 Å². The number of hydrogen-bond donors (Lipinski definition) is 1. The highest BCUT2D eigenvalue weighted by Crippen LogP contribution is 2.41. The van der Waals surface area contributed by atoms with Crippen molar-refractivity contribution < 1.29 is 4.42 Å². The van der Waals surface area contributed by atoms with Crippen LogP contribution < -0.4 is 5.32 Å². The standard InChI is InChI=1S/C18H23NO/c1-12-10-18(14(3)20-12)13(2)19-11-16-6-4-5-7-17(16)15-8-9-15/h4-7,10,13,15,19H,8-9,11H2,1-3H3. The second-order valence-electron chi connectivity index (χ2n) is 5.94. The average molecular weight is 269 g/mol. The summed E-state index contributed by atoms with van der Waals surface area (Å²) < 4.78 is 5.62. The Labute approximate surface area is 121 Å². The van der Waals surface area contributed by atoms with Crippen molar-refractivity contribution in [3.8, 4) is 0 Å². The molecule has 0 radical (unpaired) electrons. The van der Waals surface area contributed by atoms with Crippen molar-refractivity contribution >= 4 is 0 Å². The van der Waals surface area contributed by atoms with Crippen molar-refractivity contribution in [3.05, 3.63) is 58.5 Å². The molecule has 20 heavy (non-hydrogen) atoms. The lowest BCUT2D eigenvalue weighted by atomic mass is 10.0. The van der Waals surface area contributed by atoms with Gasteiger partial charge in [0, 0.05) is 18.2 Å². The van der Waals surface area contributed by atoms with Gasteiger partial charge < -0.3 is 9.73 Å². The van der Waals surface area contributed by atoms with E-state index in [0.29, 0.717) is 6.04 Å². The first-order chi connectivity index (χ1) is 9.65. The first kappa shape index (κ1) is 13.4. The molecular formula is C18H23NO. The Morgan fingerprint density at radius 2 is 2.00 bits per heavy atom. The van der Waals surface area contributed by atoms with Gasteiger partial charge in [-0.15, -0.1) is 0 Å². The van der Waals surface area contributed by atoms with Crippen LogP contribution in [0.5, 0.6) is 0 Å². The van der Waals surface area contributed by atoms with Crippen LogP contribution in [-0.4, -0.2) is 0 Å². The molecule has 1 aromatic carbocycles. The molecule has 106 valence electrons. The summed E-state index contributed by atoms with van der Waals surface area (Å²) in [5, 5.41) is 3.63. The van der Waals surface area contributed by atoms with Gasteiger partial charge in [-0.2, -0.15) is 0 Å². The average Bonchev–Trinajstić information content (AvgIpc) is 3.22. The highest BCUT2D eigenvalue weighted by atomic mass is 16.3. The van der Waals surface area contributed by atoms with Crippen LogP contribution in [0.3, 0.4) is 0 Å². The molecule has 2 nitrogen and oxygen atoms in total. The number of nitrogens with one attached hydrogen (secondary N) is 1. The predicted octanol–water partition coefficient (Wildman–Crippen LogP) is 4.62. The topological polar surface area (TPSA) is 25.2 Å². The van der Waals surface area contributed by atoms with Gasteiger partial charge in [-0.3, -0.25) is 0 Å². The van der Waals surface area contributed by atoms with Gasteiger partial charge in [-0.1, -0.05) is 24.3 Å². The van der Waals surface area contributed by atoms with Gasteiger partial charge in [0.1, 0.15) is 11.5 Å². The third-order valence-electron chi connectivity index (χ3n) is 4.22. The minimum atomic E-state index is 0.319. The molecule has 0 spiro atoms. The number of rotatable bonds is 5. The predicted molar refractivity (Wildman–Crippen MR) is 81.9 cm³/mol. The molecule has 2 aromatic rings. The minimum Gasteiger partial charge on any atom is -0.466 e. The Morgan fingerprint density at radius 3 is 2.65 bits per heavy atom. The summed E-state index contributed by atoms with van der Waals surface area (Å²) in [5.41, 5.74) is 4.25. The summed E-state index contributed by atoms with van der Waals surface area (Å²) in [6, 6.07) is 11.3. The lowest BCUT2D eigenvalue weighted by Crippen LogP contribution is -2.19. The van der Waals surface area contributed by atoms with E-state index in [1.54, 1.807) is 0 Å². The monoisotopic (exact) mass is 269 g/mol. The highest BCUT2D eigenvalue weighted by Gasteiger charge is 2.25. The van der Waals surface area contributed by atoms with Gasteiger partial charge in [-0.05, 0) is 56.7 Å². The largest absolute Gasteiger partial charge is 0.466 e. The third-order valence-corrected chi connectivity index (χ3v) is 4.22. The van der Waals surface area contributed by atoms with E-state index in [1.165, 1.54) is 29.5 Å². The van der Waals surface area contributed by atoms with E-state index in [9.17, 15) is 0 Å². The van der Waals surface area contributed by atoms with Crippen LogP contribution in [-0.2, 0) is 6.54 Å². The van der Waals surface area contributed by atoms with Crippen molar-refractivity contribution in [1.29, 1.82) is 0 Å². The van der Waals surface area contributed by atoms with Gasteiger partial charge in [0.15, 0.2) is 0 Å². The third kappa shape index (κ3) is 2.80. The number of hydrogen-bond acceptors (Lipinski definition) is 2. The maximum atomic E-state index is 5.62. The quantitative estimate of drug-likeness (QED) is 0.856. The molecule has 0 bridgehead atoms. The molecule has 3 rings (SSSR count). The summed E-state index contributed by atoms with van der Waals surface area (Å²) in [6.07, 6.45) is 2.71. The fraction of sp³-hybridized carbons (Fsp3) is 0.444. The summed E-state index contributed by atoms with van der Waals surface area (Å²) in [5.74, 6) is 2.82. The van der Waals surface area contributed by atoms with Crippen LogP contribution in [0.1, 0.15) is 59.9 Å². The minimum absolute atomic E-state index is 0.319. The Hall–Kier alpha value is -1.54. The van der Waals surface area contributed by atoms with Gasteiger partial charge >= 0.3 is 0 Å². The molecule has 1 heterocycles. The molecule has 2 heteroatoms. The first-order valence-electron chi connectivity index (χ1n) is 7.53. The van der Waals surface area contributed by atoms with Crippen LogP contribution in [0.15, 0.2) is 34.7 Å². The molecule has 1 saturated carbocycles. The van der Waals surface area contributed by atoms with E-state index in [0.717, 1.165) is 24.0 Å². The van der Waals surface area contributed by atoms with Crippen molar-refractivity contribution in [2.75, 3.05) is 0 Å². The van der Waals surface area contributed by atoms with E-state index >= 15 is 0 Å². The Kier molecular flexibility index (Phi) is 3.66. The zero-order chi connectivity index (χ0) is 14.1. The second-order valence-corrected chi connectivity index (χ2v) is 5.94. The van der Waals surface area contributed by atoms with Crippen molar-refractivity contribution in [3.63, 3.8) is 0 Å². The number of benzene rings is 1. The fourth-order valence-electron chi connectivity index (χ4n) is 2.94. The molecule has 1 unspecified atom stereocenters. The van der Waals surface area contributed by atoms with E-state index in [1.807, 2.05) is 13.8 Å². The summed E-state index contributed by atoms with van der Waals surface area (Å²) in [6.45, 7) is 7.18. The SMILES string of the molecule is Cc1cc(C(C)NCc2ccccc2C2CC2)c(C)o1. The van der Waals surface area contributed by atoms with Crippen LogP contribution >= 0.6 is 0 Å². The molecule has 1 aromatic heterocycles. The van der Waals surface area contributed by atoms with Crippen molar-refractivity contribution in [2.45, 2.75) is 52.1 Å². The zero-order valence-corrected chi connectivity index (χ0v) is 12.6. The maximum absolute atomic E-state index is 5.62. The van der Waals surface area contributed by atoms with Crippen LogP contribution in [0.25, 0.3) is 0 Å². The van der Waals surface area contributed by atoms with Crippen LogP contribution in [0.4, 0.5) is 0 Å². The van der Waals surface area contributed by atoms with Crippen molar-refractivity contribution in [2.24, 2.45) is 0 Å². The highest BCUT2D eigenvalue weighted by molar-refractivity contribution is 5.33. The molecule has 1 atom stereocenters. The Morgan fingerprint density at radius 1 is 1.25 bits per heavy atom. The van der Waals surface area contributed by atoms with E-state index < -0.39 is 0 Å². The molecule has 0 amide bonds. The van der Waals surface area contributed by atoms with E-state index in [4.69, 9.17) is 4.42 Å². The summed E-state index contributed by atoms with van der Waals surface area (Å²) >= 11 is 0. The summed E-state index contributed by atoms with van der Waals surface area (Å²) in [7, 11) is 0. The van der Waals surface area contributed by atoms with Gasteiger partial charge in [0.05, 0.1) is 0 Å². The van der Waals surface area contributed by atoms with Crippen molar-refractivity contribution in [1.82, 2.24) is 5.32 Å². The lowest BCUT2D eigenvalue weighted by molar-refractivity contribution is 0.489. The van der Waals surface area contributed by atoms with Crippen LogP contribution in [0, 0.1) is 13.8 Å². The normalized spacial score (nSPS) is 16.4. The lowest BCUT2D eigenvalue weighted by Gasteiger charge is -2.15. The van der Waals surface area contributed by atoms with Gasteiger partial charge in [-0.25, -0.2) is 0 Å².